The van der Waals surface area contributed by atoms with E-state index in [0.717, 1.165) is 28.0 Å². The Bertz CT molecular complexity index is 531. The molecule has 88 valence electrons. The van der Waals surface area contributed by atoms with E-state index in [-0.39, 0.29) is 5.78 Å². The van der Waals surface area contributed by atoms with Gasteiger partial charge in [-0.25, -0.2) is 0 Å². The van der Waals surface area contributed by atoms with E-state index >= 15 is 0 Å². The third kappa shape index (κ3) is 2.62. The van der Waals surface area contributed by atoms with Crippen LogP contribution in [0.1, 0.15) is 26.4 Å². The van der Waals surface area contributed by atoms with E-state index < -0.39 is 0 Å². The molecule has 0 saturated carbocycles. The molecule has 0 atom stereocenters. The van der Waals surface area contributed by atoms with Gasteiger partial charge >= 0.3 is 0 Å². The number of ketones is 1. The molecular formula is C14H15NOS. The van der Waals surface area contributed by atoms with Crippen LogP contribution in [-0.2, 0) is 6.42 Å². The van der Waals surface area contributed by atoms with E-state index in [1.807, 2.05) is 42.6 Å². The van der Waals surface area contributed by atoms with Gasteiger partial charge in [0.25, 0.3) is 0 Å². The first-order valence-corrected chi connectivity index (χ1v) is 6.48. The van der Waals surface area contributed by atoms with Gasteiger partial charge in [0.1, 0.15) is 0 Å². The first kappa shape index (κ1) is 12.0. The summed E-state index contributed by atoms with van der Waals surface area (Å²) in [6.07, 6.45) is 0.741. The molecule has 2 aromatic rings. The van der Waals surface area contributed by atoms with Crippen molar-refractivity contribution in [3.63, 3.8) is 0 Å². The first-order chi connectivity index (χ1) is 8.22. The van der Waals surface area contributed by atoms with E-state index in [9.17, 15) is 4.79 Å². The van der Waals surface area contributed by atoms with E-state index in [2.05, 4.69) is 0 Å². The number of hydrogen-bond donors (Lipinski definition) is 1. The smallest absolute Gasteiger partial charge is 0.194 e. The van der Waals surface area contributed by atoms with Gasteiger partial charge in [0.2, 0.25) is 0 Å². The fourth-order valence-electron chi connectivity index (χ4n) is 1.83. The van der Waals surface area contributed by atoms with E-state index in [1.54, 1.807) is 11.3 Å². The Kier molecular flexibility index (Phi) is 3.71. The lowest BCUT2D eigenvalue weighted by atomic mass is 9.98. The molecule has 1 aromatic carbocycles. The van der Waals surface area contributed by atoms with Gasteiger partial charge in [0, 0.05) is 21.4 Å². The molecule has 0 aliphatic heterocycles. The van der Waals surface area contributed by atoms with Gasteiger partial charge in [-0.3, -0.25) is 4.79 Å². The van der Waals surface area contributed by atoms with Crippen LogP contribution in [0.4, 0.5) is 0 Å². The number of benzene rings is 1. The maximum atomic E-state index is 12.3. The number of hydrogen-bond acceptors (Lipinski definition) is 3. The van der Waals surface area contributed by atoms with Crippen LogP contribution in [-0.4, -0.2) is 12.3 Å². The molecule has 0 spiro atoms. The quantitative estimate of drug-likeness (QED) is 0.842. The summed E-state index contributed by atoms with van der Waals surface area (Å²) < 4.78 is 0. The Labute approximate surface area is 105 Å². The van der Waals surface area contributed by atoms with Gasteiger partial charge in [0.05, 0.1) is 0 Å². The summed E-state index contributed by atoms with van der Waals surface area (Å²) >= 11 is 1.60. The average molecular weight is 245 g/mol. The maximum absolute atomic E-state index is 12.3. The molecule has 0 radical (unpaired) electrons. The largest absolute Gasteiger partial charge is 0.330 e. The standard InChI is InChI=1S/C14H15NOS/c1-10-8-12(9-17-10)14(16)13-5-3-2-4-11(13)6-7-15/h2-5,8-9H,6-7,15H2,1H3. The van der Waals surface area contributed by atoms with Crippen LogP contribution in [0.3, 0.4) is 0 Å². The average Bonchev–Trinajstić information content (AvgIpc) is 2.76. The second-order valence-electron chi connectivity index (χ2n) is 3.97. The lowest BCUT2D eigenvalue weighted by molar-refractivity contribution is 0.103. The molecule has 2 nitrogen and oxygen atoms in total. The molecule has 2 rings (SSSR count). The van der Waals surface area contributed by atoms with Crippen LogP contribution in [0.5, 0.6) is 0 Å². The van der Waals surface area contributed by atoms with Crippen LogP contribution in [0, 0.1) is 6.92 Å². The Morgan fingerprint density at radius 2 is 2.12 bits per heavy atom. The highest BCUT2D eigenvalue weighted by molar-refractivity contribution is 7.10. The minimum absolute atomic E-state index is 0.0957. The second-order valence-corrected chi connectivity index (χ2v) is 5.09. The summed E-state index contributed by atoms with van der Waals surface area (Å²) in [5.41, 5.74) is 8.14. The summed E-state index contributed by atoms with van der Waals surface area (Å²) in [5, 5.41) is 1.91. The topological polar surface area (TPSA) is 43.1 Å². The summed E-state index contributed by atoms with van der Waals surface area (Å²) in [4.78, 5) is 13.5. The molecule has 1 heterocycles. The molecule has 1 aromatic heterocycles. The zero-order valence-corrected chi connectivity index (χ0v) is 10.6. The van der Waals surface area contributed by atoms with Crippen molar-refractivity contribution >= 4 is 17.1 Å². The van der Waals surface area contributed by atoms with Crippen molar-refractivity contribution in [1.82, 2.24) is 0 Å². The third-order valence-corrected chi connectivity index (χ3v) is 3.53. The molecule has 3 heteroatoms. The Hall–Kier alpha value is -1.45. The summed E-state index contributed by atoms with van der Waals surface area (Å²) in [6.45, 7) is 2.57. The summed E-state index contributed by atoms with van der Waals surface area (Å²) in [5.74, 6) is 0.0957. The number of carbonyl (C=O) groups excluding carboxylic acids is 1. The summed E-state index contributed by atoms with van der Waals surface area (Å²) in [7, 11) is 0. The van der Waals surface area contributed by atoms with Crippen LogP contribution >= 0.6 is 11.3 Å². The first-order valence-electron chi connectivity index (χ1n) is 5.60. The minimum atomic E-state index is 0.0957. The number of thiophene rings is 1. The maximum Gasteiger partial charge on any atom is 0.194 e. The molecular weight excluding hydrogens is 230 g/mol. The fraction of sp³-hybridized carbons (Fsp3) is 0.214. The number of nitrogens with two attached hydrogens (primary N) is 1. The fourth-order valence-corrected chi connectivity index (χ4v) is 2.52. The third-order valence-electron chi connectivity index (χ3n) is 2.67. The van der Waals surface area contributed by atoms with Crippen molar-refractivity contribution in [2.75, 3.05) is 6.54 Å². The minimum Gasteiger partial charge on any atom is -0.330 e. The Balaban J connectivity index is 2.36. The van der Waals surface area contributed by atoms with Gasteiger partial charge in [-0.1, -0.05) is 24.3 Å². The van der Waals surface area contributed by atoms with Crippen molar-refractivity contribution in [2.24, 2.45) is 5.73 Å². The molecule has 17 heavy (non-hydrogen) atoms. The van der Waals surface area contributed by atoms with Crippen molar-refractivity contribution < 1.29 is 4.79 Å². The van der Waals surface area contributed by atoms with Crippen LogP contribution in [0.15, 0.2) is 35.7 Å². The van der Waals surface area contributed by atoms with E-state index in [4.69, 9.17) is 5.73 Å². The Morgan fingerprint density at radius 3 is 2.76 bits per heavy atom. The predicted molar refractivity (Wildman–Crippen MR) is 71.7 cm³/mol. The molecule has 0 saturated heterocycles. The van der Waals surface area contributed by atoms with Gasteiger partial charge < -0.3 is 5.73 Å². The second kappa shape index (κ2) is 5.25. The van der Waals surface area contributed by atoms with E-state index in [1.165, 1.54) is 0 Å². The Morgan fingerprint density at radius 1 is 1.35 bits per heavy atom. The van der Waals surface area contributed by atoms with Crippen molar-refractivity contribution in [2.45, 2.75) is 13.3 Å². The van der Waals surface area contributed by atoms with Crippen molar-refractivity contribution in [3.05, 3.63) is 57.3 Å². The molecule has 2 N–H and O–H groups in total. The molecule has 0 aliphatic rings. The van der Waals surface area contributed by atoms with Crippen LogP contribution in [0.2, 0.25) is 0 Å². The molecule has 0 amide bonds. The highest BCUT2D eigenvalue weighted by Gasteiger charge is 2.13. The summed E-state index contributed by atoms with van der Waals surface area (Å²) in [6, 6.07) is 9.62. The highest BCUT2D eigenvalue weighted by Crippen LogP contribution is 2.19. The lowest BCUT2D eigenvalue weighted by Gasteiger charge is -2.06. The van der Waals surface area contributed by atoms with Gasteiger partial charge in [-0.05, 0) is 31.5 Å². The molecule has 0 aliphatic carbocycles. The molecule has 0 bridgehead atoms. The van der Waals surface area contributed by atoms with Gasteiger partial charge in [0.15, 0.2) is 5.78 Å². The number of aryl methyl sites for hydroxylation is 1. The zero-order chi connectivity index (χ0) is 12.3. The monoisotopic (exact) mass is 245 g/mol. The SMILES string of the molecule is Cc1cc(C(=O)c2ccccc2CCN)cs1. The van der Waals surface area contributed by atoms with Gasteiger partial charge in [-0.15, -0.1) is 11.3 Å². The number of rotatable bonds is 4. The van der Waals surface area contributed by atoms with Crippen molar-refractivity contribution in [1.29, 1.82) is 0 Å². The normalized spacial score (nSPS) is 10.5. The molecule has 0 unspecified atom stereocenters. The zero-order valence-electron chi connectivity index (χ0n) is 9.77. The van der Waals surface area contributed by atoms with Gasteiger partial charge in [-0.2, -0.15) is 0 Å². The van der Waals surface area contributed by atoms with E-state index in [0.29, 0.717) is 6.54 Å². The van der Waals surface area contributed by atoms with Crippen molar-refractivity contribution in [3.8, 4) is 0 Å². The van der Waals surface area contributed by atoms with Crippen LogP contribution < -0.4 is 5.73 Å². The highest BCUT2D eigenvalue weighted by atomic mass is 32.1. The predicted octanol–water partition coefficient (Wildman–Crippen LogP) is 2.79. The number of carbonyl (C=O) groups is 1. The lowest BCUT2D eigenvalue weighted by Crippen LogP contribution is -2.09. The van der Waals surface area contributed by atoms with Crippen LogP contribution in [0.25, 0.3) is 0 Å². The molecule has 0 fully saturated rings.